The molecule has 3 heterocycles. The Balaban J connectivity index is 1.54. The van der Waals surface area contributed by atoms with E-state index in [-0.39, 0.29) is 17.1 Å². The zero-order valence-electron chi connectivity index (χ0n) is 17.3. The smallest absolute Gasteiger partial charge is 0.197 e. The Hall–Kier alpha value is -3.14. The topological polar surface area (TPSA) is 64.8 Å². The molecule has 34 heavy (non-hydrogen) atoms. The lowest BCUT2D eigenvalue weighted by Crippen LogP contribution is -2.03. The summed E-state index contributed by atoms with van der Waals surface area (Å²) in [5.41, 5.74) is 4.16. The van der Waals surface area contributed by atoms with Crippen LogP contribution in [0.4, 0.5) is 0 Å². The van der Waals surface area contributed by atoms with Crippen LogP contribution in [0, 0.1) is 3.57 Å². The summed E-state index contributed by atoms with van der Waals surface area (Å²) in [6, 6.07) is 18.8. The summed E-state index contributed by atoms with van der Waals surface area (Å²) in [7, 11) is 0. The molecule has 0 aliphatic heterocycles. The predicted octanol–water partition coefficient (Wildman–Crippen LogP) is 6.87. The van der Waals surface area contributed by atoms with Crippen molar-refractivity contribution in [1.29, 1.82) is 0 Å². The van der Waals surface area contributed by atoms with Gasteiger partial charge in [0.1, 0.15) is 5.01 Å². The number of fused-ring (bicyclic) bond motifs is 2. The number of benzene rings is 2. The van der Waals surface area contributed by atoms with Gasteiger partial charge in [-0.2, -0.15) is 0 Å². The Labute approximate surface area is 216 Å². The summed E-state index contributed by atoms with van der Waals surface area (Å²) >= 11 is 9.82. The van der Waals surface area contributed by atoms with Crippen molar-refractivity contribution in [1.82, 2.24) is 14.5 Å². The Morgan fingerprint density at radius 3 is 2.47 bits per heavy atom. The molecule has 0 unspecified atom stereocenters. The maximum absolute atomic E-state index is 13.2. The molecule has 1 aliphatic rings. The monoisotopic (exact) mass is 593 g/mol. The van der Waals surface area contributed by atoms with E-state index in [0.717, 1.165) is 30.2 Å². The SMILES string of the molecule is O=C1/C(=C\c2cc3sc(-c4cccnc4)nc3n2-c2ccccc2)C(=O)c2cc(I)c(Cl)cc21. The molecule has 0 atom stereocenters. The van der Waals surface area contributed by atoms with E-state index in [1.54, 1.807) is 41.9 Å². The molecular weight excluding hydrogens is 581 g/mol. The number of pyridine rings is 1. The maximum Gasteiger partial charge on any atom is 0.197 e. The van der Waals surface area contributed by atoms with E-state index in [1.807, 2.05) is 53.1 Å². The van der Waals surface area contributed by atoms with Crippen molar-refractivity contribution in [2.24, 2.45) is 0 Å². The molecule has 0 amide bonds. The number of Topliss-reactive ketones (excluding diaryl/α,β-unsaturated/α-hetero) is 2. The molecule has 0 bridgehead atoms. The number of aromatic nitrogens is 3. The molecule has 2 aromatic carbocycles. The van der Waals surface area contributed by atoms with Gasteiger partial charge in [0, 0.05) is 38.3 Å². The summed E-state index contributed by atoms with van der Waals surface area (Å²) in [6.45, 7) is 0. The van der Waals surface area contributed by atoms with Crippen molar-refractivity contribution in [2.45, 2.75) is 0 Å². The first-order chi connectivity index (χ1) is 16.5. The third-order valence-electron chi connectivity index (χ3n) is 5.64. The van der Waals surface area contributed by atoms with Crippen LogP contribution in [0.15, 0.2) is 78.6 Å². The molecule has 5 nitrogen and oxygen atoms in total. The predicted molar refractivity (Wildman–Crippen MR) is 143 cm³/mol. The molecule has 5 aromatic rings. The Morgan fingerprint density at radius 1 is 0.971 bits per heavy atom. The van der Waals surface area contributed by atoms with Gasteiger partial charge in [0.15, 0.2) is 17.2 Å². The van der Waals surface area contributed by atoms with Gasteiger partial charge in [-0.15, -0.1) is 11.3 Å². The maximum atomic E-state index is 13.2. The number of thiazole rings is 1. The van der Waals surface area contributed by atoms with Crippen molar-refractivity contribution >= 4 is 73.5 Å². The number of rotatable bonds is 3. The fourth-order valence-electron chi connectivity index (χ4n) is 4.06. The van der Waals surface area contributed by atoms with E-state index in [4.69, 9.17) is 16.6 Å². The highest BCUT2D eigenvalue weighted by molar-refractivity contribution is 14.1. The third-order valence-corrected chi connectivity index (χ3v) is 8.20. The van der Waals surface area contributed by atoms with Crippen LogP contribution < -0.4 is 0 Å². The number of hydrogen-bond donors (Lipinski definition) is 0. The highest BCUT2D eigenvalue weighted by atomic mass is 127. The van der Waals surface area contributed by atoms with Crippen LogP contribution in [0.3, 0.4) is 0 Å². The van der Waals surface area contributed by atoms with Crippen molar-refractivity contribution in [3.05, 3.63) is 104 Å². The van der Waals surface area contributed by atoms with E-state index < -0.39 is 0 Å². The number of halogens is 2. The van der Waals surface area contributed by atoms with Gasteiger partial charge in [-0.3, -0.25) is 19.1 Å². The lowest BCUT2D eigenvalue weighted by molar-refractivity contribution is 0.0990. The van der Waals surface area contributed by atoms with E-state index in [1.165, 1.54) is 0 Å². The van der Waals surface area contributed by atoms with Gasteiger partial charge in [-0.05, 0) is 71.1 Å². The fourth-order valence-corrected chi connectivity index (χ4v) is 5.68. The number of ketones is 2. The quantitative estimate of drug-likeness (QED) is 0.130. The van der Waals surface area contributed by atoms with Crippen LogP contribution in [0.2, 0.25) is 5.02 Å². The van der Waals surface area contributed by atoms with Crippen molar-refractivity contribution in [3.8, 4) is 16.3 Å². The molecule has 0 radical (unpaired) electrons. The minimum Gasteiger partial charge on any atom is -0.294 e. The lowest BCUT2D eigenvalue weighted by Gasteiger charge is -2.07. The summed E-state index contributed by atoms with van der Waals surface area (Å²) in [6.07, 6.45) is 5.18. The van der Waals surface area contributed by atoms with Crippen LogP contribution in [-0.4, -0.2) is 26.1 Å². The molecule has 0 fully saturated rings. The molecule has 3 aromatic heterocycles. The Bertz CT molecular complexity index is 1610. The number of carbonyl (C=O) groups excluding carboxylic acids is 2. The molecule has 0 N–H and O–H groups in total. The average molecular weight is 594 g/mol. The fraction of sp³-hybridized carbons (Fsp3) is 0. The molecule has 0 saturated heterocycles. The lowest BCUT2D eigenvalue weighted by atomic mass is 10.1. The van der Waals surface area contributed by atoms with Gasteiger partial charge in [0.2, 0.25) is 0 Å². The standard InChI is InChI=1S/C26H13ClIN3O2S/c27-20-11-17-18(12-21(20)28)24(33)19(23(17)32)9-16-10-22-25(31(16)15-6-2-1-3-7-15)30-26(34-22)14-5-4-8-29-13-14/h1-13H/b19-9+. The van der Waals surface area contributed by atoms with Gasteiger partial charge in [0.25, 0.3) is 0 Å². The van der Waals surface area contributed by atoms with E-state index in [9.17, 15) is 9.59 Å². The first kappa shape index (κ1) is 21.4. The highest BCUT2D eigenvalue weighted by Gasteiger charge is 2.34. The van der Waals surface area contributed by atoms with Crippen molar-refractivity contribution < 1.29 is 9.59 Å². The second-order valence-electron chi connectivity index (χ2n) is 7.72. The third kappa shape index (κ3) is 3.43. The number of allylic oxidation sites excluding steroid dienone is 1. The molecule has 164 valence electrons. The van der Waals surface area contributed by atoms with Gasteiger partial charge < -0.3 is 0 Å². The molecule has 0 spiro atoms. The first-order valence-electron chi connectivity index (χ1n) is 10.3. The average Bonchev–Trinajstić information content (AvgIpc) is 3.47. The summed E-state index contributed by atoms with van der Waals surface area (Å²) in [4.78, 5) is 35.4. The second kappa shape index (κ2) is 8.26. The Morgan fingerprint density at radius 2 is 1.74 bits per heavy atom. The van der Waals surface area contributed by atoms with E-state index in [0.29, 0.717) is 21.8 Å². The second-order valence-corrected chi connectivity index (χ2v) is 10.3. The minimum absolute atomic E-state index is 0.128. The largest absolute Gasteiger partial charge is 0.294 e. The Kier molecular flexibility index (Phi) is 5.20. The summed E-state index contributed by atoms with van der Waals surface area (Å²) < 4.78 is 3.65. The first-order valence-corrected chi connectivity index (χ1v) is 12.6. The molecule has 6 rings (SSSR count). The van der Waals surface area contributed by atoms with E-state index in [2.05, 4.69) is 27.6 Å². The molecular formula is C26H13ClIN3O2S. The molecule has 0 saturated carbocycles. The number of nitrogens with zero attached hydrogens (tertiary/aromatic N) is 3. The number of para-hydroxylation sites is 1. The summed E-state index contributed by atoms with van der Waals surface area (Å²) in [5, 5.41) is 1.31. The molecule has 8 heteroatoms. The van der Waals surface area contributed by atoms with Crippen LogP contribution >= 0.6 is 45.5 Å². The number of hydrogen-bond acceptors (Lipinski definition) is 5. The minimum atomic E-state index is -0.313. The van der Waals surface area contributed by atoms with Crippen LogP contribution in [-0.2, 0) is 0 Å². The van der Waals surface area contributed by atoms with Crippen molar-refractivity contribution in [3.63, 3.8) is 0 Å². The van der Waals surface area contributed by atoms with Gasteiger partial charge in [0.05, 0.1) is 21.0 Å². The van der Waals surface area contributed by atoms with Gasteiger partial charge >= 0.3 is 0 Å². The van der Waals surface area contributed by atoms with Crippen LogP contribution in [0.5, 0.6) is 0 Å². The normalized spacial score (nSPS) is 14.4. The van der Waals surface area contributed by atoms with Crippen LogP contribution in [0.25, 0.3) is 32.7 Å². The zero-order valence-corrected chi connectivity index (χ0v) is 21.1. The van der Waals surface area contributed by atoms with Crippen LogP contribution in [0.1, 0.15) is 26.4 Å². The van der Waals surface area contributed by atoms with Gasteiger partial charge in [-0.25, -0.2) is 4.98 Å². The summed E-state index contributed by atoms with van der Waals surface area (Å²) in [5.74, 6) is -0.603. The highest BCUT2D eigenvalue weighted by Crippen LogP contribution is 2.37. The van der Waals surface area contributed by atoms with Crippen molar-refractivity contribution in [2.75, 3.05) is 0 Å². The number of carbonyl (C=O) groups is 2. The zero-order chi connectivity index (χ0) is 23.4. The van der Waals surface area contributed by atoms with E-state index >= 15 is 0 Å². The molecule has 1 aliphatic carbocycles. The van der Waals surface area contributed by atoms with Gasteiger partial charge in [-0.1, -0.05) is 29.8 Å².